The molecule has 1 aliphatic heterocycles. The molecule has 5 unspecified atom stereocenters. The zero-order chi connectivity index (χ0) is 18.3. The largest absolute Gasteiger partial charge is 0.508 e. The standard InChI is InChI=1S/C16H18O9/c1-6-2-9(19)8-3-7(18)4-10(15(8)23-6)24-16-14(22)13(21)12(20)11(5-17)25-16/h2-4,11-14,16-18,20-22H,5H2,1H3. The molecule has 0 spiro atoms. The molecular weight excluding hydrogens is 336 g/mol. The molecule has 1 aliphatic rings. The van der Waals surface area contributed by atoms with E-state index in [0.717, 1.165) is 6.07 Å². The number of aryl methyl sites for hydroxylation is 1. The van der Waals surface area contributed by atoms with Gasteiger partial charge < -0.3 is 39.4 Å². The minimum absolute atomic E-state index is 0.0276. The highest BCUT2D eigenvalue weighted by molar-refractivity contribution is 5.84. The third-order valence-electron chi connectivity index (χ3n) is 3.99. The molecule has 0 aliphatic carbocycles. The molecule has 0 amide bonds. The van der Waals surface area contributed by atoms with E-state index in [1.54, 1.807) is 6.92 Å². The molecule has 5 N–H and O–H groups in total. The molecule has 9 heteroatoms. The van der Waals surface area contributed by atoms with Crippen molar-refractivity contribution in [1.29, 1.82) is 0 Å². The average molecular weight is 354 g/mol. The third-order valence-corrected chi connectivity index (χ3v) is 3.99. The number of phenols is 1. The van der Waals surface area contributed by atoms with Crippen molar-refractivity contribution in [2.24, 2.45) is 0 Å². The van der Waals surface area contributed by atoms with Gasteiger partial charge in [-0.25, -0.2) is 0 Å². The van der Waals surface area contributed by atoms with Gasteiger partial charge in [0.15, 0.2) is 16.8 Å². The maximum Gasteiger partial charge on any atom is 0.229 e. The first-order valence-electron chi connectivity index (χ1n) is 7.56. The highest BCUT2D eigenvalue weighted by Gasteiger charge is 2.45. The highest BCUT2D eigenvalue weighted by atomic mass is 16.7. The molecule has 136 valence electrons. The molecule has 5 atom stereocenters. The smallest absolute Gasteiger partial charge is 0.229 e. The second kappa shape index (κ2) is 6.62. The van der Waals surface area contributed by atoms with Crippen LogP contribution in [-0.4, -0.2) is 62.8 Å². The summed E-state index contributed by atoms with van der Waals surface area (Å²) in [5, 5.41) is 48.7. The van der Waals surface area contributed by atoms with Gasteiger partial charge in [-0.3, -0.25) is 4.79 Å². The number of fused-ring (bicyclic) bond motifs is 1. The number of benzene rings is 1. The number of aliphatic hydroxyl groups excluding tert-OH is 4. The van der Waals surface area contributed by atoms with Crippen molar-refractivity contribution in [3.05, 3.63) is 34.2 Å². The van der Waals surface area contributed by atoms with E-state index in [9.17, 15) is 30.3 Å². The first-order valence-corrected chi connectivity index (χ1v) is 7.56. The van der Waals surface area contributed by atoms with Crippen LogP contribution >= 0.6 is 0 Å². The zero-order valence-electron chi connectivity index (χ0n) is 13.2. The summed E-state index contributed by atoms with van der Waals surface area (Å²) in [5.41, 5.74) is -0.368. The monoisotopic (exact) mass is 354 g/mol. The molecule has 0 saturated carbocycles. The van der Waals surface area contributed by atoms with Crippen LogP contribution in [0.5, 0.6) is 11.5 Å². The Kier molecular flexibility index (Phi) is 4.67. The Morgan fingerprint density at radius 2 is 1.84 bits per heavy atom. The van der Waals surface area contributed by atoms with E-state index in [1.807, 2.05) is 0 Å². The van der Waals surface area contributed by atoms with Gasteiger partial charge in [0.1, 0.15) is 35.9 Å². The highest BCUT2D eigenvalue weighted by Crippen LogP contribution is 2.32. The molecule has 2 heterocycles. The summed E-state index contributed by atoms with van der Waals surface area (Å²) >= 11 is 0. The average Bonchev–Trinajstić information content (AvgIpc) is 2.56. The fourth-order valence-electron chi connectivity index (χ4n) is 2.71. The van der Waals surface area contributed by atoms with Gasteiger partial charge in [0.25, 0.3) is 0 Å². The lowest BCUT2D eigenvalue weighted by atomic mass is 9.99. The van der Waals surface area contributed by atoms with Gasteiger partial charge >= 0.3 is 0 Å². The Morgan fingerprint density at radius 3 is 2.52 bits per heavy atom. The van der Waals surface area contributed by atoms with Gasteiger partial charge in [0, 0.05) is 12.1 Å². The number of aliphatic hydroxyl groups is 4. The molecule has 3 rings (SSSR count). The Hall–Kier alpha value is -2.17. The minimum atomic E-state index is -1.63. The fourth-order valence-corrected chi connectivity index (χ4v) is 2.71. The fraction of sp³-hybridized carbons (Fsp3) is 0.438. The van der Waals surface area contributed by atoms with Crippen LogP contribution < -0.4 is 10.2 Å². The Balaban J connectivity index is 2.01. The number of aromatic hydroxyl groups is 1. The van der Waals surface area contributed by atoms with Crippen molar-refractivity contribution >= 4 is 11.0 Å². The molecule has 2 aromatic rings. The molecule has 9 nitrogen and oxygen atoms in total. The molecule has 25 heavy (non-hydrogen) atoms. The molecule has 1 saturated heterocycles. The molecular formula is C16H18O9. The SMILES string of the molecule is Cc1cc(=O)c2cc(O)cc(OC3OC(CO)C(O)C(O)C3O)c2o1. The van der Waals surface area contributed by atoms with Gasteiger partial charge in [-0.2, -0.15) is 0 Å². The van der Waals surface area contributed by atoms with Gasteiger partial charge in [-0.1, -0.05) is 0 Å². The van der Waals surface area contributed by atoms with E-state index in [4.69, 9.17) is 13.9 Å². The van der Waals surface area contributed by atoms with Crippen molar-refractivity contribution < 1.29 is 39.4 Å². The number of hydrogen-bond acceptors (Lipinski definition) is 9. The number of hydrogen-bond donors (Lipinski definition) is 5. The Labute approximate surface area is 141 Å². The molecule has 1 aromatic carbocycles. The van der Waals surface area contributed by atoms with E-state index in [2.05, 4.69) is 0 Å². The second-order valence-electron chi connectivity index (χ2n) is 5.86. The lowest BCUT2D eigenvalue weighted by Gasteiger charge is -2.39. The van der Waals surface area contributed by atoms with Crippen LogP contribution in [-0.2, 0) is 4.74 Å². The van der Waals surface area contributed by atoms with E-state index in [-0.39, 0.29) is 22.5 Å². The van der Waals surface area contributed by atoms with Crippen molar-refractivity contribution in [3.63, 3.8) is 0 Å². The van der Waals surface area contributed by atoms with Crippen LogP contribution in [0, 0.1) is 6.92 Å². The summed E-state index contributed by atoms with van der Waals surface area (Å²) in [5.74, 6) is -0.0646. The summed E-state index contributed by atoms with van der Waals surface area (Å²) in [6.07, 6.45) is -7.40. The van der Waals surface area contributed by atoms with Crippen LogP contribution in [0.25, 0.3) is 11.0 Å². The third kappa shape index (κ3) is 3.20. The van der Waals surface area contributed by atoms with E-state index in [1.165, 1.54) is 12.1 Å². The summed E-state index contributed by atoms with van der Waals surface area (Å²) in [7, 11) is 0. The predicted octanol–water partition coefficient (Wildman–Crippen LogP) is -1.01. The number of ether oxygens (including phenoxy) is 2. The second-order valence-corrected chi connectivity index (χ2v) is 5.86. The maximum absolute atomic E-state index is 12.0. The van der Waals surface area contributed by atoms with Crippen LogP contribution in [0.4, 0.5) is 0 Å². The lowest BCUT2D eigenvalue weighted by molar-refractivity contribution is -0.277. The molecule has 0 bridgehead atoms. The van der Waals surface area contributed by atoms with E-state index in [0.29, 0.717) is 5.76 Å². The van der Waals surface area contributed by atoms with Crippen molar-refractivity contribution in [2.45, 2.75) is 37.6 Å². The minimum Gasteiger partial charge on any atom is -0.508 e. The number of rotatable bonds is 3. The van der Waals surface area contributed by atoms with Crippen LogP contribution in [0.2, 0.25) is 0 Å². The normalized spacial score (nSPS) is 29.7. The Morgan fingerprint density at radius 1 is 1.12 bits per heavy atom. The first-order chi connectivity index (χ1) is 11.8. The molecule has 1 fully saturated rings. The van der Waals surface area contributed by atoms with Crippen LogP contribution in [0.3, 0.4) is 0 Å². The molecule has 0 radical (unpaired) electrons. The van der Waals surface area contributed by atoms with Gasteiger partial charge in [0.2, 0.25) is 6.29 Å². The first kappa shape index (κ1) is 17.6. The summed E-state index contributed by atoms with van der Waals surface area (Å²) in [6.45, 7) is 0.950. The maximum atomic E-state index is 12.0. The quantitative estimate of drug-likeness (QED) is 0.467. The van der Waals surface area contributed by atoms with Crippen molar-refractivity contribution in [1.82, 2.24) is 0 Å². The number of phenolic OH excluding ortho intramolecular Hbond substituents is 1. The molecule has 1 aromatic heterocycles. The predicted molar refractivity (Wildman–Crippen MR) is 83.3 cm³/mol. The topological polar surface area (TPSA) is 150 Å². The lowest BCUT2D eigenvalue weighted by Crippen LogP contribution is -2.60. The van der Waals surface area contributed by atoms with Gasteiger partial charge in [-0.15, -0.1) is 0 Å². The van der Waals surface area contributed by atoms with Crippen molar-refractivity contribution in [3.8, 4) is 11.5 Å². The Bertz CT molecular complexity index is 828. The summed E-state index contributed by atoms with van der Waals surface area (Å²) in [6, 6.07) is 3.62. The van der Waals surface area contributed by atoms with E-state index >= 15 is 0 Å². The van der Waals surface area contributed by atoms with E-state index < -0.39 is 42.7 Å². The zero-order valence-corrected chi connectivity index (χ0v) is 13.2. The summed E-state index contributed by atoms with van der Waals surface area (Å²) < 4.78 is 16.2. The van der Waals surface area contributed by atoms with Gasteiger partial charge in [0.05, 0.1) is 12.0 Å². The van der Waals surface area contributed by atoms with Crippen LogP contribution in [0.1, 0.15) is 5.76 Å². The van der Waals surface area contributed by atoms with Gasteiger partial charge in [-0.05, 0) is 13.0 Å². The van der Waals surface area contributed by atoms with Crippen LogP contribution in [0.15, 0.2) is 27.4 Å². The summed E-state index contributed by atoms with van der Waals surface area (Å²) in [4.78, 5) is 12.0. The van der Waals surface area contributed by atoms with Crippen molar-refractivity contribution in [2.75, 3.05) is 6.61 Å².